The van der Waals surface area contributed by atoms with Gasteiger partial charge in [-0.2, -0.15) is 0 Å². The molecule has 3 rings (SSSR count). The fourth-order valence-corrected chi connectivity index (χ4v) is 3.29. The molecular formula is C19H23N3O6. The first-order chi connectivity index (χ1) is 13.5. The minimum atomic E-state index is -0.567. The molecule has 2 amide bonds. The normalized spacial score (nSPS) is 15.4. The van der Waals surface area contributed by atoms with Crippen molar-refractivity contribution < 1.29 is 23.6 Å². The average molecular weight is 389 g/mol. The molecule has 2 N–H and O–H groups in total. The maximum atomic E-state index is 12.5. The molecule has 0 fully saturated rings. The molecule has 0 bridgehead atoms. The Morgan fingerprint density at radius 3 is 2.68 bits per heavy atom. The SMILES string of the molecule is CCOc1cc(NC(=O)NC2CCCc3occc32)c([N+](=O)[O-])cc1OCC. The first-order valence-electron chi connectivity index (χ1n) is 9.25. The molecule has 9 nitrogen and oxygen atoms in total. The molecule has 1 unspecified atom stereocenters. The third-order valence-electron chi connectivity index (χ3n) is 4.46. The molecule has 1 aliphatic rings. The number of furan rings is 1. The van der Waals surface area contributed by atoms with Crippen LogP contribution in [-0.2, 0) is 6.42 Å². The summed E-state index contributed by atoms with van der Waals surface area (Å²) in [4.78, 5) is 23.4. The van der Waals surface area contributed by atoms with Crippen molar-refractivity contribution in [3.63, 3.8) is 0 Å². The number of fused-ring (bicyclic) bond motifs is 1. The van der Waals surface area contributed by atoms with Crippen molar-refractivity contribution in [1.82, 2.24) is 5.32 Å². The largest absolute Gasteiger partial charge is 0.490 e. The molecule has 0 aliphatic heterocycles. The minimum Gasteiger partial charge on any atom is -0.490 e. The number of amides is 2. The van der Waals surface area contributed by atoms with Crippen molar-refractivity contribution in [2.75, 3.05) is 18.5 Å². The molecule has 0 saturated heterocycles. The molecule has 150 valence electrons. The number of rotatable bonds is 7. The van der Waals surface area contributed by atoms with Crippen molar-refractivity contribution in [2.24, 2.45) is 0 Å². The summed E-state index contributed by atoms with van der Waals surface area (Å²) in [7, 11) is 0. The van der Waals surface area contributed by atoms with Gasteiger partial charge in [-0.1, -0.05) is 0 Å². The number of carbonyl (C=O) groups excluding carboxylic acids is 1. The summed E-state index contributed by atoms with van der Waals surface area (Å²) < 4.78 is 16.3. The van der Waals surface area contributed by atoms with Crippen molar-refractivity contribution in [2.45, 2.75) is 39.2 Å². The van der Waals surface area contributed by atoms with Gasteiger partial charge in [0.15, 0.2) is 11.5 Å². The lowest BCUT2D eigenvalue weighted by Crippen LogP contribution is -2.34. The number of hydrogen-bond donors (Lipinski definition) is 2. The zero-order valence-electron chi connectivity index (χ0n) is 15.8. The van der Waals surface area contributed by atoms with Gasteiger partial charge in [0.05, 0.1) is 36.5 Å². The van der Waals surface area contributed by atoms with Crippen LogP contribution in [0.1, 0.15) is 44.1 Å². The topological polar surface area (TPSA) is 116 Å². The van der Waals surface area contributed by atoms with E-state index in [1.165, 1.54) is 12.1 Å². The van der Waals surface area contributed by atoms with E-state index >= 15 is 0 Å². The summed E-state index contributed by atoms with van der Waals surface area (Å²) in [5, 5.41) is 16.9. The Labute approximate surface area is 162 Å². The Balaban J connectivity index is 1.81. The molecule has 2 aromatic rings. The molecule has 28 heavy (non-hydrogen) atoms. The van der Waals surface area contributed by atoms with Crippen LogP contribution >= 0.6 is 0 Å². The minimum absolute atomic E-state index is 0.0395. The third-order valence-corrected chi connectivity index (χ3v) is 4.46. The second kappa shape index (κ2) is 8.64. The Kier molecular flexibility index (Phi) is 6.03. The van der Waals surface area contributed by atoms with Crippen molar-refractivity contribution in [3.05, 3.63) is 45.9 Å². The van der Waals surface area contributed by atoms with Crippen molar-refractivity contribution in [3.8, 4) is 11.5 Å². The Bertz CT molecular complexity index is 863. The van der Waals surface area contributed by atoms with Gasteiger partial charge in [-0.15, -0.1) is 0 Å². The summed E-state index contributed by atoms with van der Waals surface area (Å²) in [5.74, 6) is 1.46. The number of benzene rings is 1. The van der Waals surface area contributed by atoms with Gasteiger partial charge >= 0.3 is 6.03 Å². The predicted octanol–water partition coefficient (Wildman–Crippen LogP) is 4.18. The summed E-state index contributed by atoms with van der Waals surface area (Å²) >= 11 is 0. The summed E-state index contributed by atoms with van der Waals surface area (Å²) in [6.45, 7) is 4.26. The number of urea groups is 1. The van der Waals surface area contributed by atoms with Gasteiger partial charge in [0.2, 0.25) is 0 Å². The fraction of sp³-hybridized carbons (Fsp3) is 0.421. The highest BCUT2D eigenvalue weighted by Crippen LogP contribution is 2.38. The van der Waals surface area contributed by atoms with Gasteiger partial charge in [-0.05, 0) is 32.8 Å². The van der Waals surface area contributed by atoms with Crippen molar-refractivity contribution >= 4 is 17.4 Å². The monoisotopic (exact) mass is 389 g/mol. The van der Waals surface area contributed by atoms with Crippen LogP contribution in [0, 0.1) is 10.1 Å². The molecule has 0 radical (unpaired) electrons. The van der Waals surface area contributed by atoms with Crippen molar-refractivity contribution in [1.29, 1.82) is 0 Å². The van der Waals surface area contributed by atoms with Crippen LogP contribution in [0.3, 0.4) is 0 Å². The number of carbonyl (C=O) groups is 1. The number of hydrogen-bond acceptors (Lipinski definition) is 6. The smallest absolute Gasteiger partial charge is 0.319 e. The van der Waals surface area contributed by atoms with E-state index in [0.29, 0.717) is 19.0 Å². The second-order valence-corrected chi connectivity index (χ2v) is 6.28. The van der Waals surface area contributed by atoms with E-state index in [1.807, 2.05) is 6.07 Å². The van der Waals surface area contributed by atoms with E-state index in [2.05, 4.69) is 10.6 Å². The van der Waals surface area contributed by atoms with E-state index in [4.69, 9.17) is 13.9 Å². The first kappa shape index (κ1) is 19.5. The zero-order chi connectivity index (χ0) is 20.1. The average Bonchev–Trinajstić information content (AvgIpc) is 3.13. The molecule has 1 aliphatic carbocycles. The van der Waals surface area contributed by atoms with Crippen LogP contribution in [0.2, 0.25) is 0 Å². The van der Waals surface area contributed by atoms with Gasteiger partial charge < -0.3 is 24.5 Å². The predicted molar refractivity (Wildman–Crippen MR) is 102 cm³/mol. The number of anilines is 1. The molecule has 0 spiro atoms. The second-order valence-electron chi connectivity index (χ2n) is 6.28. The zero-order valence-corrected chi connectivity index (χ0v) is 15.8. The van der Waals surface area contributed by atoms with E-state index < -0.39 is 11.0 Å². The Morgan fingerprint density at radius 1 is 1.29 bits per heavy atom. The highest BCUT2D eigenvalue weighted by molar-refractivity contribution is 5.92. The molecular weight excluding hydrogens is 366 g/mol. The lowest BCUT2D eigenvalue weighted by Gasteiger charge is -2.23. The molecule has 0 saturated carbocycles. The van der Waals surface area contributed by atoms with Crippen LogP contribution in [0.15, 0.2) is 28.9 Å². The van der Waals surface area contributed by atoms with Crippen LogP contribution in [-0.4, -0.2) is 24.2 Å². The number of nitrogens with zero attached hydrogens (tertiary/aromatic N) is 1. The molecule has 1 aromatic carbocycles. The van der Waals surface area contributed by atoms with Gasteiger partial charge in [-0.3, -0.25) is 10.1 Å². The van der Waals surface area contributed by atoms with Crippen LogP contribution in [0.25, 0.3) is 0 Å². The summed E-state index contributed by atoms with van der Waals surface area (Å²) in [6.07, 6.45) is 4.11. The van der Waals surface area contributed by atoms with Crippen LogP contribution in [0.4, 0.5) is 16.2 Å². The van der Waals surface area contributed by atoms with E-state index in [-0.39, 0.29) is 23.2 Å². The summed E-state index contributed by atoms with van der Waals surface area (Å²) in [5.41, 5.74) is 0.713. The van der Waals surface area contributed by atoms with Gasteiger partial charge in [0.25, 0.3) is 5.69 Å². The number of aryl methyl sites for hydroxylation is 1. The fourth-order valence-electron chi connectivity index (χ4n) is 3.29. The van der Waals surface area contributed by atoms with E-state index in [0.717, 1.165) is 30.6 Å². The molecule has 1 atom stereocenters. The van der Waals surface area contributed by atoms with Crippen LogP contribution in [0.5, 0.6) is 11.5 Å². The number of ether oxygens (including phenoxy) is 2. The highest BCUT2D eigenvalue weighted by atomic mass is 16.6. The number of nitrogens with one attached hydrogen (secondary N) is 2. The Morgan fingerprint density at radius 2 is 2.00 bits per heavy atom. The Hall–Kier alpha value is -3.23. The standard InChI is InChI=1S/C19H23N3O6/c1-3-26-17-10-14(15(22(24)25)11-18(17)27-4-2)21-19(23)20-13-6-5-7-16-12(13)8-9-28-16/h8-11,13H,3-7H2,1-2H3,(H2,20,21,23). The van der Waals surface area contributed by atoms with Gasteiger partial charge in [-0.25, -0.2) is 4.79 Å². The number of nitro groups is 1. The molecule has 1 heterocycles. The number of nitro benzene ring substituents is 1. The molecule has 9 heteroatoms. The highest BCUT2D eigenvalue weighted by Gasteiger charge is 2.26. The van der Waals surface area contributed by atoms with Crippen LogP contribution < -0.4 is 20.1 Å². The van der Waals surface area contributed by atoms with Gasteiger partial charge in [0, 0.05) is 18.1 Å². The summed E-state index contributed by atoms with van der Waals surface area (Å²) in [6, 6.07) is 3.78. The molecule has 1 aromatic heterocycles. The quantitative estimate of drug-likeness (QED) is 0.542. The van der Waals surface area contributed by atoms with E-state index in [9.17, 15) is 14.9 Å². The first-order valence-corrected chi connectivity index (χ1v) is 9.25. The maximum Gasteiger partial charge on any atom is 0.319 e. The van der Waals surface area contributed by atoms with Gasteiger partial charge in [0.1, 0.15) is 11.4 Å². The maximum absolute atomic E-state index is 12.5. The van der Waals surface area contributed by atoms with E-state index in [1.54, 1.807) is 20.1 Å². The lowest BCUT2D eigenvalue weighted by molar-refractivity contribution is -0.384. The lowest BCUT2D eigenvalue weighted by atomic mass is 9.93. The third kappa shape index (κ3) is 4.19.